The predicted octanol–water partition coefficient (Wildman–Crippen LogP) is 4.28. The number of carbonyl (C=O) groups is 1. The highest BCUT2D eigenvalue weighted by Gasteiger charge is 2.29. The van der Waals surface area contributed by atoms with Gasteiger partial charge < -0.3 is 0 Å². The predicted molar refractivity (Wildman–Crippen MR) is 72.6 cm³/mol. The van der Waals surface area contributed by atoms with Crippen LogP contribution in [0, 0.1) is 17.8 Å². The number of hydrogen-bond acceptors (Lipinski definition) is 1. The van der Waals surface area contributed by atoms with Gasteiger partial charge in [0.05, 0.1) is 0 Å². The van der Waals surface area contributed by atoms with Gasteiger partial charge in [-0.15, -0.1) is 6.42 Å². The molecule has 1 heteroatoms. The fraction of sp³-hybridized carbons (Fsp3) is 0.688. The van der Waals surface area contributed by atoms with Gasteiger partial charge in [0.25, 0.3) is 0 Å². The second-order valence-corrected chi connectivity index (χ2v) is 5.63. The van der Waals surface area contributed by atoms with E-state index in [0.717, 1.165) is 37.7 Å². The Balaban J connectivity index is 3.00. The molecule has 1 aliphatic rings. The molecule has 0 radical (unpaired) electrons. The molecule has 0 amide bonds. The number of Topliss-reactive ketones (excluding diaryl/α,β-unsaturated/α-hetero) is 1. The number of carbonyl (C=O) groups excluding carboxylic acids is 1. The molecule has 0 aromatic carbocycles. The molecule has 0 heterocycles. The molecule has 1 fully saturated rings. The molecule has 1 saturated carbocycles. The van der Waals surface area contributed by atoms with E-state index in [-0.39, 0.29) is 5.41 Å². The SMILES string of the molecule is C#C/C(CCCC)=C1\CCC(=O)CCC1(C)C. The summed E-state index contributed by atoms with van der Waals surface area (Å²) < 4.78 is 0. The minimum absolute atomic E-state index is 0.0988. The summed E-state index contributed by atoms with van der Waals surface area (Å²) in [4.78, 5) is 11.6. The first kappa shape index (κ1) is 14.0. The van der Waals surface area contributed by atoms with Gasteiger partial charge >= 0.3 is 0 Å². The molecule has 0 saturated heterocycles. The fourth-order valence-electron chi connectivity index (χ4n) is 2.55. The molecule has 1 rings (SSSR count). The lowest BCUT2D eigenvalue weighted by Gasteiger charge is -2.27. The van der Waals surface area contributed by atoms with Crippen molar-refractivity contribution >= 4 is 5.78 Å². The second-order valence-electron chi connectivity index (χ2n) is 5.63. The van der Waals surface area contributed by atoms with Crippen LogP contribution < -0.4 is 0 Å². The zero-order valence-corrected chi connectivity index (χ0v) is 11.4. The lowest BCUT2D eigenvalue weighted by atomic mass is 9.77. The van der Waals surface area contributed by atoms with Gasteiger partial charge in [-0.1, -0.05) is 38.7 Å². The van der Waals surface area contributed by atoms with Crippen LogP contribution in [0.1, 0.15) is 65.7 Å². The normalized spacial score (nSPS) is 22.8. The quantitative estimate of drug-likeness (QED) is 0.524. The molecule has 1 nitrogen and oxygen atoms in total. The highest BCUT2D eigenvalue weighted by atomic mass is 16.1. The Hall–Kier alpha value is -1.03. The van der Waals surface area contributed by atoms with E-state index in [9.17, 15) is 4.79 Å². The Morgan fingerprint density at radius 2 is 2.06 bits per heavy atom. The van der Waals surface area contributed by atoms with Crippen molar-refractivity contribution in [1.82, 2.24) is 0 Å². The summed E-state index contributed by atoms with van der Waals surface area (Å²) >= 11 is 0. The van der Waals surface area contributed by atoms with Crippen molar-refractivity contribution in [2.45, 2.75) is 65.7 Å². The van der Waals surface area contributed by atoms with Gasteiger partial charge in [-0.05, 0) is 31.1 Å². The van der Waals surface area contributed by atoms with Gasteiger partial charge in [0.1, 0.15) is 5.78 Å². The van der Waals surface area contributed by atoms with Crippen molar-refractivity contribution in [3.05, 3.63) is 11.1 Å². The van der Waals surface area contributed by atoms with Crippen molar-refractivity contribution in [3.63, 3.8) is 0 Å². The summed E-state index contributed by atoms with van der Waals surface area (Å²) in [6, 6.07) is 0. The van der Waals surface area contributed by atoms with Crippen molar-refractivity contribution in [2.75, 3.05) is 0 Å². The minimum atomic E-state index is 0.0988. The largest absolute Gasteiger partial charge is 0.300 e. The zero-order chi connectivity index (χ0) is 12.9. The Morgan fingerprint density at radius 3 is 2.65 bits per heavy atom. The van der Waals surface area contributed by atoms with Crippen molar-refractivity contribution < 1.29 is 4.79 Å². The molecule has 0 spiro atoms. The molecule has 1 aliphatic carbocycles. The van der Waals surface area contributed by atoms with Gasteiger partial charge in [0.2, 0.25) is 0 Å². The minimum Gasteiger partial charge on any atom is -0.300 e. The van der Waals surface area contributed by atoms with Crippen LogP contribution >= 0.6 is 0 Å². The third-order valence-corrected chi connectivity index (χ3v) is 3.82. The third kappa shape index (κ3) is 3.73. The molecular weight excluding hydrogens is 208 g/mol. The van der Waals surface area contributed by atoms with Crippen molar-refractivity contribution in [1.29, 1.82) is 0 Å². The van der Waals surface area contributed by atoms with E-state index in [1.165, 1.54) is 5.57 Å². The summed E-state index contributed by atoms with van der Waals surface area (Å²) in [7, 11) is 0. The lowest BCUT2D eigenvalue weighted by Crippen LogP contribution is -2.15. The van der Waals surface area contributed by atoms with Gasteiger partial charge in [-0.2, -0.15) is 0 Å². The number of unbranched alkanes of at least 4 members (excludes halogenated alkanes) is 1. The Kier molecular flexibility index (Phi) is 5.00. The first-order valence-corrected chi connectivity index (χ1v) is 6.72. The first-order valence-electron chi connectivity index (χ1n) is 6.72. The number of terminal acetylenes is 1. The van der Waals surface area contributed by atoms with Crippen LogP contribution in [0.3, 0.4) is 0 Å². The van der Waals surface area contributed by atoms with Crippen LogP contribution in [-0.4, -0.2) is 5.78 Å². The number of ketones is 1. The summed E-state index contributed by atoms with van der Waals surface area (Å²) in [6.45, 7) is 6.63. The van der Waals surface area contributed by atoms with E-state index in [4.69, 9.17) is 6.42 Å². The summed E-state index contributed by atoms with van der Waals surface area (Å²) in [5.74, 6) is 3.26. The van der Waals surface area contributed by atoms with Gasteiger partial charge in [0.15, 0.2) is 0 Å². The maximum Gasteiger partial charge on any atom is 0.133 e. The average Bonchev–Trinajstić information content (AvgIpc) is 2.42. The maximum atomic E-state index is 11.6. The third-order valence-electron chi connectivity index (χ3n) is 3.82. The van der Waals surface area contributed by atoms with Crippen LogP contribution in [0.4, 0.5) is 0 Å². The van der Waals surface area contributed by atoms with E-state index in [2.05, 4.69) is 26.7 Å². The molecular formula is C16H24O. The topological polar surface area (TPSA) is 17.1 Å². The molecule has 0 N–H and O–H groups in total. The molecule has 17 heavy (non-hydrogen) atoms. The van der Waals surface area contributed by atoms with Crippen LogP contribution in [0.25, 0.3) is 0 Å². The molecule has 0 bridgehead atoms. The van der Waals surface area contributed by atoms with E-state index >= 15 is 0 Å². The van der Waals surface area contributed by atoms with Gasteiger partial charge in [0, 0.05) is 18.4 Å². The number of rotatable bonds is 3. The lowest BCUT2D eigenvalue weighted by molar-refractivity contribution is -0.119. The smallest absolute Gasteiger partial charge is 0.133 e. The monoisotopic (exact) mass is 232 g/mol. The molecule has 94 valence electrons. The number of hydrogen-bond donors (Lipinski definition) is 0. The summed E-state index contributed by atoms with van der Waals surface area (Å²) in [5, 5.41) is 0. The second kappa shape index (κ2) is 6.05. The maximum absolute atomic E-state index is 11.6. The summed E-state index contributed by atoms with van der Waals surface area (Å²) in [5.41, 5.74) is 2.62. The van der Waals surface area contributed by atoms with E-state index in [1.807, 2.05) is 0 Å². The Bertz CT molecular complexity index is 352. The zero-order valence-electron chi connectivity index (χ0n) is 11.4. The van der Waals surface area contributed by atoms with Crippen LogP contribution in [0.2, 0.25) is 0 Å². The van der Waals surface area contributed by atoms with Gasteiger partial charge in [-0.3, -0.25) is 4.79 Å². The molecule has 0 atom stereocenters. The van der Waals surface area contributed by atoms with E-state index in [0.29, 0.717) is 18.6 Å². The molecule has 0 unspecified atom stereocenters. The average molecular weight is 232 g/mol. The van der Waals surface area contributed by atoms with Gasteiger partial charge in [-0.25, -0.2) is 0 Å². The van der Waals surface area contributed by atoms with E-state index < -0.39 is 0 Å². The molecule has 0 aromatic rings. The molecule has 0 aliphatic heterocycles. The van der Waals surface area contributed by atoms with Crippen molar-refractivity contribution in [2.24, 2.45) is 5.41 Å². The Morgan fingerprint density at radius 1 is 1.35 bits per heavy atom. The van der Waals surface area contributed by atoms with Crippen LogP contribution in [0.15, 0.2) is 11.1 Å². The first-order chi connectivity index (χ1) is 8.01. The fourth-order valence-corrected chi connectivity index (χ4v) is 2.55. The number of allylic oxidation sites excluding steroid dienone is 2. The van der Waals surface area contributed by atoms with Crippen LogP contribution in [-0.2, 0) is 4.79 Å². The summed E-state index contributed by atoms with van der Waals surface area (Å²) in [6.07, 6.45) is 12.2. The van der Waals surface area contributed by atoms with E-state index in [1.54, 1.807) is 0 Å². The molecule has 0 aromatic heterocycles. The standard InChI is InChI=1S/C16H24O/c1-5-7-8-13(6-2)15-10-9-14(17)11-12-16(15,3)4/h2H,5,7-12H2,1,3-4H3/b15-13-. The highest BCUT2D eigenvalue weighted by molar-refractivity contribution is 5.79. The van der Waals surface area contributed by atoms with Crippen molar-refractivity contribution in [3.8, 4) is 12.3 Å². The van der Waals surface area contributed by atoms with Crippen LogP contribution in [0.5, 0.6) is 0 Å². The Labute approximate surface area is 106 Å². The highest BCUT2D eigenvalue weighted by Crippen LogP contribution is 2.40.